The largest absolute Gasteiger partial charge is 0.495 e. The monoisotopic (exact) mass is 224 g/mol. The molecule has 4 nitrogen and oxygen atoms in total. The first kappa shape index (κ1) is 14.4. The minimum absolute atomic E-state index is 0.0762. The number of hydrogen-bond donors (Lipinski definition) is 1. The molecule has 0 unspecified atom stereocenters. The summed E-state index contributed by atoms with van der Waals surface area (Å²) in [6.45, 7) is 6.12. The Balaban J connectivity index is 0.000000673. The van der Waals surface area contributed by atoms with Crippen LogP contribution >= 0.6 is 0 Å². The van der Waals surface area contributed by atoms with Crippen LogP contribution in [-0.2, 0) is 11.3 Å². The van der Waals surface area contributed by atoms with Crippen LogP contribution in [0.2, 0.25) is 0 Å². The van der Waals surface area contributed by atoms with Crippen LogP contribution in [-0.4, -0.2) is 18.0 Å². The van der Waals surface area contributed by atoms with Crippen LogP contribution in [0.5, 0.6) is 5.75 Å². The molecule has 90 valence electrons. The van der Waals surface area contributed by atoms with Gasteiger partial charge < -0.3 is 10.1 Å². The third-order valence-corrected chi connectivity index (χ3v) is 1.57. The van der Waals surface area contributed by atoms with Gasteiger partial charge in [0.25, 0.3) is 0 Å². The topological polar surface area (TPSA) is 51.2 Å². The van der Waals surface area contributed by atoms with Gasteiger partial charge in [-0.25, -0.2) is 0 Å². The van der Waals surface area contributed by atoms with Gasteiger partial charge in [-0.1, -0.05) is 20.3 Å². The van der Waals surface area contributed by atoms with E-state index in [9.17, 15) is 4.79 Å². The van der Waals surface area contributed by atoms with Gasteiger partial charge in [-0.2, -0.15) is 0 Å². The van der Waals surface area contributed by atoms with Crippen molar-refractivity contribution in [3.05, 3.63) is 24.0 Å². The number of carbonyl (C=O) groups is 1. The molecule has 4 heteroatoms. The second-order valence-corrected chi connectivity index (χ2v) is 3.27. The molecule has 1 amide bonds. The molecule has 16 heavy (non-hydrogen) atoms. The zero-order valence-corrected chi connectivity index (χ0v) is 10.4. The van der Waals surface area contributed by atoms with Crippen molar-refractivity contribution >= 4 is 5.91 Å². The normalized spacial score (nSPS) is 8.75. The summed E-state index contributed by atoms with van der Waals surface area (Å²) in [6, 6.07) is 3.60. The van der Waals surface area contributed by atoms with Crippen molar-refractivity contribution in [2.24, 2.45) is 0 Å². The third kappa shape index (κ3) is 6.01. The number of amides is 1. The van der Waals surface area contributed by atoms with Crippen LogP contribution < -0.4 is 10.1 Å². The molecule has 0 saturated carbocycles. The molecule has 1 aromatic rings. The van der Waals surface area contributed by atoms with Crippen LogP contribution in [0.4, 0.5) is 0 Å². The van der Waals surface area contributed by atoms with Gasteiger partial charge in [-0.3, -0.25) is 9.78 Å². The Kier molecular flexibility index (Phi) is 7.85. The van der Waals surface area contributed by atoms with E-state index < -0.39 is 0 Å². The van der Waals surface area contributed by atoms with Crippen LogP contribution in [0.25, 0.3) is 0 Å². The minimum atomic E-state index is -0.0762. The van der Waals surface area contributed by atoms with E-state index in [2.05, 4.69) is 24.1 Å². The molecule has 0 aliphatic rings. The van der Waals surface area contributed by atoms with Gasteiger partial charge in [0.2, 0.25) is 5.91 Å². The molecular weight excluding hydrogens is 204 g/mol. The van der Waals surface area contributed by atoms with Gasteiger partial charge >= 0.3 is 0 Å². The average Bonchev–Trinajstić information content (AvgIpc) is 2.27. The summed E-state index contributed by atoms with van der Waals surface area (Å²) in [4.78, 5) is 14.7. The third-order valence-electron chi connectivity index (χ3n) is 1.57. The van der Waals surface area contributed by atoms with Gasteiger partial charge in [0.15, 0.2) is 0 Å². The summed E-state index contributed by atoms with van der Waals surface area (Å²) in [5.41, 5.74) is 0.736. The molecule has 1 aromatic heterocycles. The Morgan fingerprint density at radius 3 is 2.62 bits per heavy atom. The fourth-order valence-corrected chi connectivity index (χ4v) is 0.950. The number of pyridine rings is 1. The fourth-order valence-electron chi connectivity index (χ4n) is 0.950. The molecule has 1 rings (SSSR count). The summed E-state index contributed by atoms with van der Waals surface area (Å²) in [7, 11) is 1.58. The zero-order chi connectivity index (χ0) is 12.4. The first-order valence-corrected chi connectivity index (χ1v) is 5.37. The van der Waals surface area contributed by atoms with Gasteiger partial charge in [0, 0.05) is 13.1 Å². The molecule has 0 aromatic carbocycles. The van der Waals surface area contributed by atoms with Gasteiger partial charge in [0.1, 0.15) is 11.4 Å². The highest BCUT2D eigenvalue weighted by Gasteiger charge is 2.02. The molecular formula is C12H20N2O2. The minimum Gasteiger partial charge on any atom is -0.495 e. The van der Waals surface area contributed by atoms with E-state index >= 15 is 0 Å². The Hall–Kier alpha value is -1.58. The predicted octanol–water partition coefficient (Wildman–Crippen LogP) is 2.14. The average molecular weight is 224 g/mol. The Morgan fingerprint density at radius 2 is 2.12 bits per heavy atom. The Morgan fingerprint density at radius 1 is 1.50 bits per heavy atom. The van der Waals surface area contributed by atoms with Gasteiger partial charge in [0.05, 0.1) is 13.7 Å². The molecule has 0 fully saturated rings. The maximum atomic E-state index is 10.6. The quantitative estimate of drug-likeness (QED) is 0.855. The number of nitrogens with zero attached hydrogens (tertiary/aromatic N) is 1. The molecule has 0 bridgehead atoms. The number of carbonyl (C=O) groups excluding carboxylic acids is 1. The number of hydrogen-bond acceptors (Lipinski definition) is 3. The SMILES string of the molecule is CCC.COc1cccnc1CNC(C)=O. The smallest absolute Gasteiger partial charge is 0.217 e. The number of aromatic nitrogens is 1. The molecule has 1 heterocycles. The lowest BCUT2D eigenvalue weighted by Gasteiger charge is -2.06. The summed E-state index contributed by atoms with van der Waals surface area (Å²) in [5, 5.41) is 2.66. The lowest BCUT2D eigenvalue weighted by atomic mass is 10.3. The summed E-state index contributed by atoms with van der Waals surface area (Å²) in [6.07, 6.45) is 2.92. The van der Waals surface area contributed by atoms with E-state index in [1.807, 2.05) is 6.07 Å². The van der Waals surface area contributed by atoms with E-state index in [1.54, 1.807) is 19.4 Å². The van der Waals surface area contributed by atoms with Crippen LogP contribution in [0.15, 0.2) is 18.3 Å². The standard InChI is InChI=1S/C9H12N2O2.C3H8/c1-7(12)11-6-8-9(13-2)4-3-5-10-8;1-3-2/h3-5H,6H2,1-2H3,(H,11,12);3H2,1-2H3. The van der Waals surface area contributed by atoms with E-state index in [4.69, 9.17) is 4.74 Å². The number of rotatable bonds is 3. The lowest BCUT2D eigenvalue weighted by Crippen LogP contribution is -2.20. The first-order valence-electron chi connectivity index (χ1n) is 5.37. The summed E-state index contributed by atoms with van der Waals surface area (Å²) < 4.78 is 5.06. The summed E-state index contributed by atoms with van der Waals surface area (Å²) in [5.74, 6) is 0.615. The lowest BCUT2D eigenvalue weighted by molar-refractivity contribution is -0.119. The zero-order valence-electron chi connectivity index (χ0n) is 10.4. The van der Waals surface area contributed by atoms with Crippen molar-refractivity contribution in [2.75, 3.05) is 7.11 Å². The van der Waals surface area contributed by atoms with Crippen molar-refractivity contribution in [3.8, 4) is 5.75 Å². The molecule has 0 aliphatic heterocycles. The maximum Gasteiger partial charge on any atom is 0.217 e. The van der Waals surface area contributed by atoms with E-state index in [1.165, 1.54) is 13.3 Å². The molecule has 0 atom stereocenters. The molecule has 0 spiro atoms. The Bertz CT molecular complexity index is 314. The maximum absolute atomic E-state index is 10.6. The van der Waals surface area contributed by atoms with Crippen molar-refractivity contribution in [2.45, 2.75) is 33.7 Å². The van der Waals surface area contributed by atoms with Crippen LogP contribution in [0.3, 0.4) is 0 Å². The summed E-state index contributed by atoms with van der Waals surface area (Å²) >= 11 is 0. The highest BCUT2D eigenvalue weighted by molar-refractivity contribution is 5.72. The molecule has 0 radical (unpaired) electrons. The highest BCUT2D eigenvalue weighted by Crippen LogP contribution is 2.13. The second-order valence-electron chi connectivity index (χ2n) is 3.27. The van der Waals surface area contributed by atoms with E-state index in [0.29, 0.717) is 12.3 Å². The van der Waals surface area contributed by atoms with Crippen molar-refractivity contribution in [1.82, 2.24) is 10.3 Å². The van der Waals surface area contributed by atoms with Gasteiger partial charge in [-0.15, -0.1) is 0 Å². The van der Waals surface area contributed by atoms with Gasteiger partial charge in [-0.05, 0) is 12.1 Å². The number of nitrogens with one attached hydrogen (secondary N) is 1. The molecule has 0 aliphatic carbocycles. The van der Waals surface area contributed by atoms with Crippen molar-refractivity contribution in [3.63, 3.8) is 0 Å². The van der Waals surface area contributed by atoms with Crippen molar-refractivity contribution < 1.29 is 9.53 Å². The Labute approximate surface area is 97.0 Å². The van der Waals surface area contributed by atoms with Crippen LogP contribution in [0, 0.1) is 0 Å². The van der Waals surface area contributed by atoms with Crippen LogP contribution in [0.1, 0.15) is 32.9 Å². The molecule has 0 saturated heterocycles. The van der Waals surface area contributed by atoms with Crippen molar-refractivity contribution in [1.29, 1.82) is 0 Å². The number of ether oxygens (including phenoxy) is 1. The van der Waals surface area contributed by atoms with E-state index in [-0.39, 0.29) is 5.91 Å². The predicted molar refractivity (Wildman–Crippen MR) is 64.3 cm³/mol. The second kappa shape index (κ2) is 8.71. The highest BCUT2D eigenvalue weighted by atomic mass is 16.5. The molecule has 1 N–H and O–H groups in total. The first-order chi connectivity index (χ1) is 7.65. The fraction of sp³-hybridized carbons (Fsp3) is 0.500. The number of methoxy groups -OCH3 is 1. The van der Waals surface area contributed by atoms with E-state index in [0.717, 1.165) is 5.69 Å².